The predicted molar refractivity (Wildman–Crippen MR) is 92.0 cm³/mol. The molecule has 23 heavy (non-hydrogen) atoms. The molecule has 1 aliphatic rings. The van der Waals surface area contributed by atoms with Gasteiger partial charge in [-0.05, 0) is 30.9 Å². The van der Waals surface area contributed by atoms with E-state index < -0.39 is 10.8 Å². The largest absolute Gasteiger partial charge is 0.342 e. The Morgan fingerprint density at radius 2 is 1.70 bits per heavy atom. The summed E-state index contributed by atoms with van der Waals surface area (Å²) < 4.78 is 0. The van der Waals surface area contributed by atoms with Crippen molar-refractivity contribution in [1.82, 2.24) is 4.90 Å². The fraction of sp³-hybridized carbons (Fsp3) is 0.632. The first-order valence-electron chi connectivity index (χ1n) is 8.16. The molecule has 1 rings (SSSR count). The number of likely N-dealkylation sites (N-methyl/N-ethyl adjacent to an activating group) is 1. The van der Waals surface area contributed by atoms with Crippen LogP contribution in [0.2, 0.25) is 0 Å². The van der Waals surface area contributed by atoms with Crippen molar-refractivity contribution in [3.05, 3.63) is 23.8 Å². The Kier molecular flexibility index (Phi) is 6.09. The molecule has 0 radical (unpaired) electrons. The molecule has 0 bridgehead atoms. The van der Waals surface area contributed by atoms with Crippen LogP contribution in [0.5, 0.6) is 0 Å². The molecule has 0 aliphatic heterocycles. The van der Waals surface area contributed by atoms with Gasteiger partial charge >= 0.3 is 0 Å². The van der Waals surface area contributed by atoms with E-state index in [0.29, 0.717) is 13.0 Å². The van der Waals surface area contributed by atoms with Gasteiger partial charge in [-0.3, -0.25) is 14.4 Å². The lowest BCUT2D eigenvalue weighted by Crippen LogP contribution is -2.34. The highest BCUT2D eigenvalue weighted by atomic mass is 16.2. The van der Waals surface area contributed by atoms with Crippen LogP contribution in [-0.2, 0) is 14.4 Å². The average molecular weight is 319 g/mol. The second-order valence-electron chi connectivity index (χ2n) is 7.94. The van der Waals surface area contributed by atoms with E-state index in [1.54, 1.807) is 11.9 Å². The van der Waals surface area contributed by atoms with Gasteiger partial charge in [0.15, 0.2) is 11.6 Å². The Balaban J connectivity index is 2.53. The van der Waals surface area contributed by atoms with E-state index in [1.807, 2.05) is 40.7 Å². The molecule has 0 saturated heterocycles. The minimum atomic E-state index is -0.486. The van der Waals surface area contributed by atoms with Crippen LogP contribution >= 0.6 is 0 Å². The van der Waals surface area contributed by atoms with Crippen LogP contribution in [0, 0.1) is 10.8 Å². The smallest absolute Gasteiger partial charge is 0.246 e. The highest BCUT2D eigenvalue weighted by molar-refractivity contribution is 6.01. The normalized spacial score (nSPS) is 15.1. The van der Waals surface area contributed by atoms with Gasteiger partial charge in [-0.2, -0.15) is 0 Å². The summed E-state index contributed by atoms with van der Waals surface area (Å²) in [6, 6.07) is 0. The lowest BCUT2D eigenvalue weighted by Gasteiger charge is -2.29. The molecule has 0 aromatic rings. The summed E-state index contributed by atoms with van der Waals surface area (Å²) in [7, 11) is 1.69. The molecule has 128 valence electrons. The van der Waals surface area contributed by atoms with Crippen molar-refractivity contribution >= 4 is 17.5 Å². The number of Topliss-reactive ketones (excluding diaryl/α,β-unsaturated/α-hetero) is 1. The zero-order chi connectivity index (χ0) is 17.8. The van der Waals surface area contributed by atoms with Crippen molar-refractivity contribution in [3.63, 3.8) is 0 Å². The van der Waals surface area contributed by atoms with Crippen LogP contribution in [0.1, 0.15) is 53.9 Å². The number of rotatable bonds is 7. The van der Waals surface area contributed by atoms with Crippen molar-refractivity contribution in [2.45, 2.75) is 53.9 Å². The summed E-state index contributed by atoms with van der Waals surface area (Å²) in [5.41, 5.74) is -0.0360. The summed E-state index contributed by atoms with van der Waals surface area (Å²) in [5.74, 6) is -0.108. The second kappa shape index (κ2) is 7.24. The zero-order valence-electron chi connectivity index (χ0n) is 15.2. The van der Waals surface area contributed by atoms with Gasteiger partial charge in [-0.1, -0.05) is 40.7 Å². The van der Waals surface area contributed by atoms with Crippen molar-refractivity contribution in [1.29, 1.82) is 0 Å². The van der Waals surface area contributed by atoms with Crippen molar-refractivity contribution in [3.8, 4) is 0 Å². The van der Waals surface area contributed by atoms with E-state index >= 15 is 0 Å². The quantitative estimate of drug-likeness (QED) is 0.676. The molecular weight excluding hydrogens is 290 g/mol. The fourth-order valence-corrected chi connectivity index (χ4v) is 2.12. The van der Waals surface area contributed by atoms with Crippen LogP contribution in [0.15, 0.2) is 23.8 Å². The van der Waals surface area contributed by atoms with Gasteiger partial charge in [0.1, 0.15) is 0 Å². The molecule has 1 amide bonds. The van der Waals surface area contributed by atoms with Gasteiger partial charge in [0, 0.05) is 30.5 Å². The first-order valence-corrected chi connectivity index (χ1v) is 8.16. The summed E-state index contributed by atoms with van der Waals surface area (Å²) >= 11 is 0. The van der Waals surface area contributed by atoms with E-state index in [1.165, 1.54) is 12.2 Å². The number of amides is 1. The zero-order valence-corrected chi connectivity index (χ0v) is 15.2. The van der Waals surface area contributed by atoms with E-state index in [-0.39, 0.29) is 17.5 Å². The van der Waals surface area contributed by atoms with Gasteiger partial charge in [-0.25, -0.2) is 0 Å². The predicted octanol–water partition coefficient (Wildman–Crippen LogP) is 3.32. The third-order valence-electron chi connectivity index (χ3n) is 4.28. The Morgan fingerprint density at radius 1 is 1.13 bits per heavy atom. The Hall–Kier alpha value is -1.71. The van der Waals surface area contributed by atoms with Gasteiger partial charge in [0.05, 0.1) is 0 Å². The number of ketones is 2. The number of hydrogen-bond donors (Lipinski definition) is 0. The monoisotopic (exact) mass is 319 g/mol. The first-order chi connectivity index (χ1) is 10.4. The second-order valence-corrected chi connectivity index (χ2v) is 7.94. The van der Waals surface area contributed by atoms with E-state index in [9.17, 15) is 14.4 Å². The first kappa shape index (κ1) is 19.3. The highest BCUT2D eigenvalue weighted by Crippen LogP contribution is 2.31. The number of carbonyl (C=O) groups excluding carboxylic acids is 3. The Bertz CT molecular complexity index is 547. The fourth-order valence-electron chi connectivity index (χ4n) is 2.12. The maximum absolute atomic E-state index is 12.3. The van der Waals surface area contributed by atoms with E-state index in [2.05, 4.69) is 0 Å². The van der Waals surface area contributed by atoms with E-state index in [0.717, 1.165) is 18.4 Å². The van der Waals surface area contributed by atoms with Crippen molar-refractivity contribution in [2.24, 2.45) is 10.8 Å². The molecule has 0 heterocycles. The van der Waals surface area contributed by atoms with Gasteiger partial charge in [0.2, 0.25) is 5.91 Å². The third kappa shape index (κ3) is 5.45. The molecular formula is C19H29NO3. The number of hydrogen-bond acceptors (Lipinski definition) is 3. The molecule has 0 N–H and O–H groups in total. The molecule has 4 nitrogen and oxygen atoms in total. The van der Waals surface area contributed by atoms with E-state index in [4.69, 9.17) is 0 Å². The number of allylic oxidation sites excluding steroid dienone is 3. The lowest BCUT2D eigenvalue weighted by atomic mass is 9.77. The van der Waals surface area contributed by atoms with Crippen LogP contribution < -0.4 is 0 Å². The van der Waals surface area contributed by atoms with Crippen molar-refractivity contribution in [2.75, 3.05) is 13.6 Å². The number of carbonyl (C=O) groups is 3. The Labute approximate surface area is 139 Å². The Morgan fingerprint density at radius 3 is 2.13 bits per heavy atom. The molecule has 0 unspecified atom stereocenters. The third-order valence-corrected chi connectivity index (χ3v) is 4.28. The molecule has 4 heteroatoms. The summed E-state index contributed by atoms with van der Waals surface area (Å²) in [4.78, 5) is 37.7. The highest BCUT2D eigenvalue weighted by Gasteiger charge is 2.31. The minimum absolute atomic E-state index is 0.0771. The topological polar surface area (TPSA) is 54.5 Å². The maximum Gasteiger partial charge on any atom is 0.246 e. The lowest BCUT2D eigenvalue weighted by molar-refractivity contribution is -0.128. The van der Waals surface area contributed by atoms with Gasteiger partial charge in [-0.15, -0.1) is 0 Å². The van der Waals surface area contributed by atoms with Crippen molar-refractivity contribution < 1.29 is 14.4 Å². The molecule has 0 aromatic carbocycles. The van der Waals surface area contributed by atoms with Gasteiger partial charge < -0.3 is 4.90 Å². The molecule has 0 fully saturated rings. The van der Waals surface area contributed by atoms with Crippen LogP contribution in [0.3, 0.4) is 0 Å². The van der Waals surface area contributed by atoms with Crippen LogP contribution in [0.4, 0.5) is 0 Å². The molecule has 0 saturated carbocycles. The average Bonchev–Trinajstić information content (AvgIpc) is 2.38. The van der Waals surface area contributed by atoms with Crippen LogP contribution in [0.25, 0.3) is 0 Å². The maximum atomic E-state index is 12.3. The summed E-state index contributed by atoms with van der Waals surface area (Å²) in [6.07, 6.45) is 7.11. The summed E-state index contributed by atoms with van der Waals surface area (Å²) in [6.45, 7) is 9.78. The molecule has 0 aromatic heterocycles. The molecule has 0 atom stereocenters. The minimum Gasteiger partial charge on any atom is -0.342 e. The number of nitrogens with zero attached hydrogens (tertiary/aromatic N) is 1. The van der Waals surface area contributed by atoms with Crippen LogP contribution in [-0.4, -0.2) is 36.0 Å². The standard InChI is InChI=1S/C19H29NO3/c1-18(2,3)15(21)10-11-16(22)20(6)13-12-19(4,5)17(23)14-8-7-9-14/h8,10-11H,7,9,12-13H2,1-6H3/b11-10+. The SMILES string of the molecule is CN(CCC(C)(C)C(=O)C1=CCC1)C(=O)/C=C/C(=O)C(C)(C)C. The molecule has 1 aliphatic carbocycles. The molecule has 0 spiro atoms. The summed E-state index contributed by atoms with van der Waals surface area (Å²) in [5, 5.41) is 0. The van der Waals surface area contributed by atoms with Gasteiger partial charge in [0.25, 0.3) is 0 Å².